The van der Waals surface area contributed by atoms with E-state index in [1.54, 1.807) is 0 Å². The van der Waals surface area contributed by atoms with Gasteiger partial charge in [-0.25, -0.2) is 0 Å². The topological polar surface area (TPSA) is 15.3 Å². The molecule has 96 valence electrons. The molecule has 1 N–H and O–H groups in total. The summed E-state index contributed by atoms with van der Waals surface area (Å²) in [5.41, 5.74) is 0. The molecule has 16 heavy (non-hydrogen) atoms. The van der Waals surface area contributed by atoms with E-state index in [9.17, 15) is 0 Å². The third kappa shape index (κ3) is 3.90. The molecule has 2 nitrogen and oxygen atoms in total. The molecule has 0 bridgehead atoms. The van der Waals surface area contributed by atoms with Crippen molar-refractivity contribution in [3.05, 3.63) is 0 Å². The number of piperazine rings is 1. The zero-order valence-corrected chi connectivity index (χ0v) is 11.6. The van der Waals surface area contributed by atoms with Gasteiger partial charge < -0.3 is 10.2 Å². The predicted octanol–water partition coefficient (Wildman–Crippen LogP) is 2.53. The van der Waals surface area contributed by atoms with Crippen molar-refractivity contribution in [3.63, 3.8) is 0 Å². The van der Waals surface area contributed by atoms with Gasteiger partial charge in [-0.05, 0) is 25.2 Å². The minimum absolute atomic E-state index is 0. The normalized spacial score (nSPS) is 36.8. The van der Waals surface area contributed by atoms with Crippen LogP contribution in [-0.2, 0) is 0 Å². The summed E-state index contributed by atoms with van der Waals surface area (Å²) >= 11 is 0. The first kappa shape index (κ1) is 14.3. The van der Waals surface area contributed by atoms with Crippen LogP contribution in [0.25, 0.3) is 0 Å². The van der Waals surface area contributed by atoms with Gasteiger partial charge in [0.05, 0.1) is 0 Å². The van der Waals surface area contributed by atoms with Crippen LogP contribution >= 0.6 is 12.4 Å². The summed E-state index contributed by atoms with van der Waals surface area (Å²) in [6.45, 7) is 9.80. The van der Waals surface area contributed by atoms with E-state index in [1.807, 2.05) is 0 Å². The Balaban J connectivity index is 0.00000128. The fourth-order valence-corrected chi connectivity index (χ4v) is 3.17. The number of hydrogen-bond acceptors (Lipinski definition) is 2. The largest absolute Gasteiger partial charge is 0.312 e. The van der Waals surface area contributed by atoms with E-state index in [0.717, 1.165) is 11.8 Å². The van der Waals surface area contributed by atoms with Crippen molar-refractivity contribution in [1.82, 2.24) is 10.2 Å². The van der Waals surface area contributed by atoms with Crippen LogP contribution in [0.3, 0.4) is 0 Å². The van der Waals surface area contributed by atoms with Gasteiger partial charge in [-0.1, -0.05) is 26.2 Å². The molecular formula is C13H27ClN2. The summed E-state index contributed by atoms with van der Waals surface area (Å²) in [5.74, 6) is 1.94. The highest BCUT2D eigenvalue weighted by atomic mass is 35.5. The third-order valence-electron chi connectivity index (χ3n) is 4.23. The first-order valence-electron chi connectivity index (χ1n) is 6.71. The lowest BCUT2D eigenvalue weighted by molar-refractivity contribution is 0.133. The highest BCUT2D eigenvalue weighted by Crippen LogP contribution is 2.30. The maximum Gasteiger partial charge on any atom is 0.0167 e. The van der Waals surface area contributed by atoms with E-state index < -0.39 is 0 Å². The van der Waals surface area contributed by atoms with Crippen molar-refractivity contribution in [2.75, 3.05) is 26.2 Å². The minimum atomic E-state index is 0. The van der Waals surface area contributed by atoms with Crippen LogP contribution in [0.1, 0.15) is 39.5 Å². The molecule has 3 atom stereocenters. The SMILES string of the molecule is CC1CN(CC2CCCCC2C)CCN1.Cl. The molecule has 2 aliphatic rings. The van der Waals surface area contributed by atoms with Gasteiger partial charge in [-0.2, -0.15) is 0 Å². The van der Waals surface area contributed by atoms with Crippen molar-refractivity contribution in [2.24, 2.45) is 11.8 Å². The van der Waals surface area contributed by atoms with E-state index >= 15 is 0 Å². The predicted molar refractivity (Wildman–Crippen MR) is 72.3 cm³/mol. The van der Waals surface area contributed by atoms with Crippen molar-refractivity contribution < 1.29 is 0 Å². The number of nitrogens with zero attached hydrogens (tertiary/aromatic N) is 1. The highest BCUT2D eigenvalue weighted by molar-refractivity contribution is 5.85. The molecular weight excluding hydrogens is 220 g/mol. The third-order valence-corrected chi connectivity index (χ3v) is 4.23. The molecule has 3 heteroatoms. The molecule has 0 aromatic rings. The van der Waals surface area contributed by atoms with Crippen molar-refractivity contribution in [1.29, 1.82) is 0 Å². The molecule has 0 aromatic heterocycles. The van der Waals surface area contributed by atoms with Crippen LogP contribution in [0.15, 0.2) is 0 Å². The van der Waals surface area contributed by atoms with Crippen LogP contribution in [0, 0.1) is 11.8 Å². The van der Waals surface area contributed by atoms with Gasteiger partial charge in [0, 0.05) is 32.2 Å². The van der Waals surface area contributed by atoms with Crippen LogP contribution < -0.4 is 5.32 Å². The number of rotatable bonds is 2. The van der Waals surface area contributed by atoms with Gasteiger partial charge in [0.1, 0.15) is 0 Å². The first-order valence-corrected chi connectivity index (χ1v) is 6.71. The van der Waals surface area contributed by atoms with Crippen LogP contribution in [0.4, 0.5) is 0 Å². The smallest absolute Gasteiger partial charge is 0.0167 e. The number of nitrogens with one attached hydrogen (secondary N) is 1. The van der Waals surface area contributed by atoms with E-state index in [4.69, 9.17) is 0 Å². The molecule has 1 aliphatic heterocycles. The Morgan fingerprint density at radius 2 is 1.94 bits per heavy atom. The van der Waals surface area contributed by atoms with Gasteiger partial charge in [0.2, 0.25) is 0 Å². The Bertz CT molecular complexity index is 198. The summed E-state index contributed by atoms with van der Waals surface area (Å²) in [6, 6.07) is 0.692. The molecule has 2 rings (SSSR count). The summed E-state index contributed by atoms with van der Waals surface area (Å²) in [7, 11) is 0. The molecule has 3 unspecified atom stereocenters. The van der Waals surface area contributed by atoms with Gasteiger partial charge >= 0.3 is 0 Å². The average Bonchev–Trinajstić information content (AvgIpc) is 2.22. The monoisotopic (exact) mass is 246 g/mol. The molecule has 1 heterocycles. The molecule has 0 amide bonds. The molecule has 2 fully saturated rings. The lowest BCUT2D eigenvalue weighted by Crippen LogP contribution is -2.51. The van der Waals surface area contributed by atoms with Gasteiger partial charge in [-0.15, -0.1) is 12.4 Å². The number of hydrogen-bond donors (Lipinski definition) is 1. The fraction of sp³-hybridized carbons (Fsp3) is 1.00. The average molecular weight is 247 g/mol. The lowest BCUT2D eigenvalue weighted by Gasteiger charge is -2.37. The van der Waals surface area contributed by atoms with Crippen LogP contribution in [0.2, 0.25) is 0 Å². The molecule has 0 spiro atoms. The number of halogens is 1. The second-order valence-electron chi connectivity index (χ2n) is 5.64. The zero-order chi connectivity index (χ0) is 10.7. The second-order valence-corrected chi connectivity index (χ2v) is 5.64. The van der Waals surface area contributed by atoms with Crippen LogP contribution in [-0.4, -0.2) is 37.1 Å². The Morgan fingerprint density at radius 3 is 2.62 bits per heavy atom. The zero-order valence-electron chi connectivity index (χ0n) is 10.7. The second kappa shape index (κ2) is 6.83. The summed E-state index contributed by atoms with van der Waals surface area (Å²) < 4.78 is 0. The summed E-state index contributed by atoms with van der Waals surface area (Å²) in [4.78, 5) is 2.67. The van der Waals surface area contributed by atoms with Crippen molar-refractivity contribution >= 4 is 12.4 Å². The molecule has 1 aliphatic carbocycles. The Morgan fingerprint density at radius 1 is 1.19 bits per heavy atom. The van der Waals surface area contributed by atoms with Gasteiger partial charge in [0.15, 0.2) is 0 Å². The van der Waals surface area contributed by atoms with E-state index in [2.05, 4.69) is 24.1 Å². The maximum absolute atomic E-state index is 3.52. The quantitative estimate of drug-likeness (QED) is 0.806. The van der Waals surface area contributed by atoms with E-state index in [1.165, 1.54) is 51.9 Å². The lowest BCUT2D eigenvalue weighted by atomic mass is 9.80. The Kier molecular flexibility index (Phi) is 6.09. The first-order chi connectivity index (χ1) is 7.25. The van der Waals surface area contributed by atoms with Crippen molar-refractivity contribution in [2.45, 2.75) is 45.6 Å². The molecule has 1 saturated heterocycles. The van der Waals surface area contributed by atoms with Crippen molar-refractivity contribution in [3.8, 4) is 0 Å². The summed E-state index contributed by atoms with van der Waals surface area (Å²) in [6.07, 6.45) is 5.87. The minimum Gasteiger partial charge on any atom is -0.312 e. The maximum atomic E-state index is 3.52. The fourth-order valence-electron chi connectivity index (χ4n) is 3.17. The Hall–Kier alpha value is 0.210. The highest BCUT2D eigenvalue weighted by Gasteiger charge is 2.25. The molecule has 1 saturated carbocycles. The van der Waals surface area contributed by atoms with Crippen LogP contribution in [0.5, 0.6) is 0 Å². The van der Waals surface area contributed by atoms with E-state index in [-0.39, 0.29) is 12.4 Å². The van der Waals surface area contributed by atoms with Gasteiger partial charge in [-0.3, -0.25) is 0 Å². The molecule has 0 radical (unpaired) electrons. The Labute approximate surface area is 107 Å². The summed E-state index contributed by atoms with van der Waals surface area (Å²) in [5, 5.41) is 3.52. The van der Waals surface area contributed by atoms with Gasteiger partial charge in [0.25, 0.3) is 0 Å². The standard InChI is InChI=1S/C13H26N2.ClH/c1-11-5-3-4-6-13(11)10-15-8-7-14-12(2)9-15;/h11-14H,3-10H2,1-2H3;1H. The van der Waals surface area contributed by atoms with E-state index in [0.29, 0.717) is 6.04 Å². The molecule has 0 aromatic carbocycles.